The first-order chi connectivity index (χ1) is 19.5. The van der Waals surface area contributed by atoms with Gasteiger partial charge in [0.1, 0.15) is 11.6 Å². The van der Waals surface area contributed by atoms with Crippen LogP contribution in [0.2, 0.25) is 0 Å². The summed E-state index contributed by atoms with van der Waals surface area (Å²) in [6.45, 7) is 6.94. The molecule has 2 aromatic heterocycles. The van der Waals surface area contributed by atoms with Gasteiger partial charge in [0.15, 0.2) is 5.82 Å². The van der Waals surface area contributed by atoms with Crippen LogP contribution in [0.5, 0.6) is 0 Å². The minimum atomic E-state index is -2.77. The van der Waals surface area contributed by atoms with Crippen LogP contribution >= 0.6 is 0 Å². The number of nitrogens with zero attached hydrogens (tertiary/aromatic N) is 7. The van der Waals surface area contributed by atoms with Gasteiger partial charge in [-0.05, 0) is 50.4 Å². The molecule has 5 heterocycles. The maximum absolute atomic E-state index is 14.1. The monoisotopic (exact) mass is 554 g/mol. The number of anilines is 2. The normalized spacial score (nSPS) is 20.5. The molecule has 3 aliphatic rings. The largest absolute Gasteiger partial charge is 0.378 e. The van der Waals surface area contributed by atoms with Crippen molar-refractivity contribution in [1.82, 2.24) is 29.3 Å². The van der Waals surface area contributed by atoms with E-state index in [0.717, 1.165) is 26.1 Å². The number of benzene rings is 1. The van der Waals surface area contributed by atoms with Crippen molar-refractivity contribution < 1.29 is 18.3 Å². The zero-order valence-electron chi connectivity index (χ0n) is 22.6. The summed E-state index contributed by atoms with van der Waals surface area (Å²) in [6.07, 6.45) is 1.73. The number of para-hydroxylation sites is 2. The highest BCUT2D eigenvalue weighted by Gasteiger charge is 2.28. The molecule has 0 spiro atoms. The van der Waals surface area contributed by atoms with Crippen LogP contribution in [0.3, 0.4) is 0 Å². The van der Waals surface area contributed by atoms with E-state index in [4.69, 9.17) is 14.7 Å². The molecule has 1 aromatic carbocycles. The Morgan fingerprint density at radius 1 is 1.02 bits per heavy atom. The van der Waals surface area contributed by atoms with Crippen LogP contribution in [0.15, 0.2) is 30.3 Å². The number of ether oxygens (including phenoxy) is 1. The molecule has 0 bridgehead atoms. The van der Waals surface area contributed by atoms with Crippen molar-refractivity contribution in [1.29, 1.82) is 0 Å². The van der Waals surface area contributed by atoms with E-state index in [1.165, 1.54) is 23.8 Å². The minimum absolute atomic E-state index is 0.204. The number of halogens is 2. The van der Waals surface area contributed by atoms with Crippen molar-refractivity contribution in [2.24, 2.45) is 5.92 Å². The second-order valence-corrected chi connectivity index (χ2v) is 10.8. The van der Waals surface area contributed by atoms with E-state index in [9.17, 15) is 13.6 Å². The lowest BCUT2D eigenvalue weighted by Crippen LogP contribution is -2.41. The molecular weight excluding hydrogens is 518 g/mol. The number of rotatable bonds is 8. The molecule has 1 atom stereocenters. The maximum Gasteiger partial charge on any atom is 0.296 e. The number of carbonyl (C=O) groups excluding carboxylic acids is 1. The van der Waals surface area contributed by atoms with Gasteiger partial charge in [0.25, 0.3) is 6.43 Å². The zero-order valence-corrected chi connectivity index (χ0v) is 22.6. The topological polar surface area (TPSA) is 91.7 Å². The summed E-state index contributed by atoms with van der Waals surface area (Å²) in [5, 5.41) is 3.43. The molecule has 3 fully saturated rings. The van der Waals surface area contributed by atoms with Crippen molar-refractivity contribution in [3.63, 3.8) is 0 Å². The number of piperidine rings is 1. The van der Waals surface area contributed by atoms with E-state index in [-0.39, 0.29) is 17.6 Å². The summed E-state index contributed by atoms with van der Waals surface area (Å²) in [7, 11) is 0. The number of likely N-dealkylation sites (tertiary alicyclic amines) is 2. The van der Waals surface area contributed by atoms with Crippen LogP contribution in [0.1, 0.15) is 37.9 Å². The van der Waals surface area contributed by atoms with Gasteiger partial charge in [-0.2, -0.15) is 9.97 Å². The van der Waals surface area contributed by atoms with Crippen molar-refractivity contribution >= 4 is 28.7 Å². The molecule has 0 saturated carbocycles. The number of hydrogen-bond donors (Lipinski definition) is 1. The Kier molecular flexibility index (Phi) is 8.05. The smallest absolute Gasteiger partial charge is 0.296 e. The van der Waals surface area contributed by atoms with Gasteiger partial charge in [0.2, 0.25) is 11.9 Å². The minimum Gasteiger partial charge on any atom is -0.378 e. The van der Waals surface area contributed by atoms with Crippen LogP contribution in [-0.4, -0.2) is 101 Å². The molecule has 0 unspecified atom stereocenters. The third kappa shape index (κ3) is 5.87. The van der Waals surface area contributed by atoms with E-state index in [1.807, 2.05) is 9.80 Å². The second-order valence-electron chi connectivity index (χ2n) is 10.8. The molecule has 40 heavy (non-hydrogen) atoms. The summed E-state index contributed by atoms with van der Waals surface area (Å²) in [6, 6.07) is 8.78. The zero-order chi connectivity index (χ0) is 27.5. The van der Waals surface area contributed by atoms with Crippen molar-refractivity contribution in [2.75, 3.05) is 75.8 Å². The SMILES string of the molecule is O=C(CN1CCCCC1)N1CC[C@H](CNc2cc(-n3c(C(F)F)nc4ccccc43)nc(N3CCOCC3)n2)C1. The fourth-order valence-electron chi connectivity index (χ4n) is 5.85. The molecule has 3 aromatic rings. The Balaban J connectivity index is 1.21. The molecule has 214 valence electrons. The van der Waals surface area contributed by atoms with Gasteiger partial charge in [-0.3, -0.25) is 14.3 Å². The van der Waals surface area contributed by atoms with E-state index >= 15 is 0 Å². The Morgan fingerprint density at radius 3 is 2.62 bits per heavy atom. The van der Waals surface area contributed by atoms with E-state index in [2.05, 4.69) is 15.2 Å². The van der Waals surface area contributed by atoms with Gasteiger partial charge in [-0.1, -0.05) is 18.6 Å². The number of carbonyl (C=O) groups is 1. The molecule has 3 aliphatic heterocycles. The molecule has 1 amide bonds. The Morgan fingerprint density at radius 2 is 1.82 bits per heavy atom. The summed E-state index contributed by atoms with van der Waals surface area (Å²) in [5.41, 5.74) is 1.05. The Hall–Kier alpha value is -3.38. The molecule has 0 radical (unpaired) electrons. The fraction of sp³-hybridized carbons (Fsp3) is 0.571. The summed E-state index contributed by atoms with van der Waals surface area (Å²) in [4.78, 5) is 32.8. The second kappa shape index (κ2) is 12.0. The number of nitrogens with one attached hydrogen (secondary N) is 1. The number of fused-ring (bicyclic) bond motifs is 1. The van der Waals surface area contributed by atoms with Gasteiger partial charge in [-0.25, -0.2) is 13.8 Å². The lowest BCUT2D eigenvalue weighted by molar-refractivity contribution is -0.131. The highest BCUT2D eigenvalue weighted by atomic mass is 19.3. The van der Waals surface area contributed by atoms with Crippen molar-refractivity contribution in [2.45, 2.75) is 32.1 Å². The third-order valence-corrected chi connectivity index (χ3v) is 8.02. The third-order valence-electron chi connectivity index (χ3n) is 8.02. The van der Waals surface area contributed by atoms with Gasteiger partial charge in [-0.15, -0.1) is 0 Å². The number of hydrogen-bond acceptors (Lipinski definition) is 8. The van der Waals surface area contributed by atoms with Gasteiger partial charge in [0, 0.05) is 38.8 Å². The number of alkyl halides is 2. The molecule has 6 rings (SSSR count). The molecular formula is C28H36F2N8O2. The summed E-state index contributed by atoms with van der Waals surface area (Å²) >= 11 is 0. The molecule has 0 aliphatic carbocycles. The fourth-order valence-corrected chi connectivity index (χ4v) is 5.85. The van der Waals surface area contributed by atoms with Crippen LogP contribution in [-0.2, 0) is 9.53 Å². The summed E-state index contributed by atoms with van der Waals surface area (Å²) in [5.74, 6) is 1.50. The van der Waals surface area contributed by atoms with Gasteiger partial charge >= 0.3 is 0 Å². The van der Waals surface area contributed by atoms with Crippen LogP contribution in [0, 0.1) is 5.92 Å². The summed E-state index contributed by atoms with van der Waals surface area (Å²) < 4.78 is 35.1. The number of morpholine rings is 1. The lowest BCUT2D eigenvalue weighted by atomic mass is 10.1. The van der Waals surface area contributed by atoms with Crippen molar-refractivity contribution in [3.8, 4) is 5.82 Å². The molecule has 1 N–H and O–H groups in total. The first-order valence-corrected chi connectivity index (χ1v) is 14.3. The Bertz CT molecular complexity index is 1320. The average molecular weight is 555 g/mol. The highest BCUT2D eigenvalue weighted by Crippen LogP contribution is 2.29. The molecule has 12 heteroatoms. The quantitative estimate of drug-likeness (QED) is 0.454. The van der Waals surface area contributed by atoms with E-state index in [0.29, 0.717) is 74.6 Å². The van der Waals surface area contributed by atoms with Crippen LogP contribution in [0.4, 0.5) is 20.5 Å². The van der Waals surface area contributed by atoms with Crippen molar-refractivity contribution in [3.05, 3.63) is 36.2 Å². The standard InChI is InChI=1S/C28H36F2N8O2/c29-26(30)27-32-21-6-2-3-7-22(21)38(27)24-16-23(33-28(34-24)36-12-14-40-15-13-36)31-17-20-8-11-37(18-20)25(39)19-35-9-4-1-5-10-35/h2-3,6-7,16,20,26H,1,4-5,8-15,17-19H2,(H,31,33,34)/t20-/m1/s1. The van der Waals surface area contributed by atoms with Gasteiger partial charge < -0.3 is 19.9 Å². The van der Waals surface area contributed by atoms with E-state index in [1.54, 1.807) is 30.3 Å². The average Bonchev–Trinajstić information content (AvgIpc) is 3.62. The highest BCUT2D eigenvalue weighted by molar-refractivity contribution is 5.79. The lowest BCUT2D eigenvalue weighted by Gasteiger charge is -2.28. The first kappa shape index (κ1) is 26.8. The molecule has 10 nitrogen and oxygen atoms in total. The number of imidazole rings is 1. The van der Waals surface area contributed by atoms with Crippen LogP contribution in [0.25, 0.3) is 16.9 Å². The number of amides is 1. The Labute approximate surface area is 232 Å². The maximum atomic E-state index is 14.1. The predicted molar refractivity (Wildman–Crippen MR) is 148 cm³/mol. The van der Waals surface area contributed by atoms with E-state index < -0.39 is 6.43 Å². The predicted octanol–water partition coefficient (Wildman–Crippen LogP) is 3.34. The molecule has 3 saturated heterocycles. The number of aromatic nitrogens is 4. The first-order valence-electron chi connectivity index (χ1n) is 14.3. The van der Waals surface area contributed by atoms with Crippen LogP contribution < -0.4 is 10.2 Å². The van der Waals surface area contributed by atoms with Gasteiger partial charge in [0.05, 0.1) is 30.8 Å².